The molecular weight excluding hydrogens is 767 g/mol. The Morgan fingerprint density at radius 2 is 1.36 bits per heavy atom. The topological polar surface area (TPSA) is 77.9 Å². The number of pyridine rings is 1. The Balaban J connectivity index is 3.51. The molecule has 6 nitrogen and oxygen atoms in total. The first-order chi connectivity index (χ1) is 26.3. The summed E-state index contributed by atoms with van der Waals surface area (Å²) >= 11 is 0. The van der Waals surface area contributed by atoms with E-state index < -0.39 is 42.4 Å². The fourth-order valence-corrected chi connectivity index (χ4v) is 10.8. The molecule has 5 unspecified atom stereocenters. The fourth-order valence-electron chi connectivity index (χ4n) is 6.57. The molecule has 0 amide bonds. The molecule has 0 spiro atoms. The van der Waals surface area contributed by atoms with Crippen molar-refractivity contribution in [2.45, 2.75) is 215 Å². The Hall–Kier alpha value is -1.65. The molecule has 9 heteroatoms. The van der Waals surface area contributed by atoms with Crippen molar-refractivity contribution < 1.29 is 23.2 Å². The molecule has 5 atom stereocenters. The number of hydrogen-bond acceptors (Lipinski definition) is 6. The lowest BCUT2D eigenvalue weighted by atomic mass is 9.71. The number of aliphatic hydroxyl groups is 1. The van der Waals surface area contributed by atoms with Crippen LogP contribution >= 0.6 is 0 Å². The Morgan fingerprint density at radius 1 is 0.828 bits per heavy atom. The smallest absolute Gasteiger partial charge is 0.192 e. The molecule has 332 valence electrons. The number of nitrogens with zero attached hydrogens (tertiary/aromatic N) is 1. The number of ketones is 1. The van der Waals surface area contributed by atoms with Crippen molar-refractivity contribution >= 4 is 36.8 Å². The maximum atomic E-state index is 15.2. The van der Waals surface area contributed by atoms with Gasteiger partial charge in [0.05, 0.1) is 24.0 Å². The minimum atomic E-state index is -2.30. The first kappa shape index (κ1) is 54.4. The first-order valence-corrected chi connectivity index (χ1v) is 30.8. The fraction of sp³-hybridized carbons (Fsp3) is 0.755. The van der Waals surface area contributed by atoms with Gasteiger partial charge in [0.1, 0.15) is 5.78 Å². The summed E-state index contributed by atoms with van der Waals surface area (Å²) < 4.78 is 21.3. The number of carbonyl (C=O) groups is 1. The molecule has 0 saturated heterocycles. The van der Waals surface area contributed by atoms with Crippen LogP contribution in [0, 0.1) is 29.6 Å². The number of rotatable bonds is 23. The zero-order valence-corrected chi connectivity index (χ0v) is 44.1. The normalized spacial score (nSPS) is 17.0. The van der Waals surface area contributed by atoms with E-state index in [1.807, 2.05) is 38.2 Å². The molecule has 1 aromatic heterocycles. The predicted molar refractivity (Wildman–Crippen MR) is 258 cm³/mol. The van der Waals surface area contributed by atoms with Gasteiger partial charge in [-0.05, 0) is 136 Å². The summed E-state index contributed by atoms with van der Waals surface area (Å²) in [6, 6.07) is 6.01. The van der Waals surface area contributed by atoms with Crippen molar-refractivity contribution in [3.8, 4) is 12.3 Å². The number of allylic oxidation sites excluding steroid dienone is 1. The SMILES string of the molecule is C#CCCC(C(=O)C(C)(C)C(CCO)O[Si](C)(C)C(C)(C)C)C(O[Si](C)(C)C(C)(C)C)C(C)CCCC(C)=CCC(O[Si](C)(C)C(C)(C)C)C(C)=Cc1ccccn1. The number of hydrogen-bond donors (Lipinski definition) is 1. The lowest BCUT2D eigenvalue weighted by Crippen LogP contribution is -2.54. The molecule has 1 N–H and O–H groups in total. The van der Waals surface area contributed by atoms with Crippen LogP contribution in [-0.4, -0.2) is 65.7 Å². The minimum absolute atomic E-state index is 0.0271. The van der Waals surface area contributed by atoms with Crippen LogP contribution in [0.2, 0.25) is 54.4 Å². The van der Waals surface area contributed by atoms with Crippen molar-refractivity contribution in [2.75, 3.05) is 6.61 Å². The predicted octanol–water partition coefficient (Wildman–Crippen LogP) is 13.8. The van der Waals surface area contributed by atoms with E-state index in [0.29, 0.717) is 19.3 Å². The second kappa shape index (κ2) is 21.9. The summed E-state index contributed by atoms with van der Waals surface area (Å²) in [6.07, 6.45) is 16.7. The van der Waals surface area contributed by atoms with E-state index in [4.69, 9.17) is 19.7 Å². The minimum Gasteiger partial charge on any atom is -0.413 e. The van der Waals surface area contributed by atoms with Gasteiger partial charge < -0.3 is 18.4 Å². The van der Waals surface area contributed by atoms with E-state index in [1.54, 1.807) is 0 Å². The molecule has 0 radical (unpaired) electrons. The van der Waals surface area contributed by atoms with Gasteiger partial charge in [0.25, 0.3) is 0 Å². The van der Waals surface area contributed by atoms with Crippen molar-refractivity contribution in [3.05, 3.63) is 47.3 Å². The highest BCUT2D eigenvalue weighted by atomic mass is 28.4. The monoisotopic (exact) mass is 856 g/mol. The molecular formula is C49H89NO5Si3. The van der Waals surface area contributed by atoms with Crippen LogP contribution in [0.1, 0.15) is 148 Å². The molecule has 1 heterocycles. The van der Waals surface area contributed by atoms with E-state index in [2.05, 4.69) is 145 Å². The lowest BCUT2D eigenvalue weighted by molar-refractivity contribution is -0.142. The molecule has 0 saturated carbocycles. The molecule has 1 rings (SSSR count). The Kier molecular flexibility index (Phi) is 20.6. The van der Waals surface area contributed by atoms with Gasteiger partial charge in [-0.3, -0.25) is 9.78 Å². The van der Waals surface area contributed by atoms with Gasteiger partial charge in [-0.25, -0.2) is 0 Å². The molecule has 0 aliphatic heterocycles. The zero-order chi connectivity index (χ0) is 45.1. The Bertz CT molecular complexity index is 1520. The van der Waals surface area contributed by atoms with Crippen LogP contribution in [-0.2, 0) is 18.1 Å². The number of aliphatic hydroxyl groups excluding tert-OH is 1. The lowest BCUT2D eigenvalue weighted by Gasteiger charge is -2.47. The summed E-state index contributed by atoms with van der Waals surface area (Å²) in [5.74, 6) is 2.71. The van der Waals surface area contributed by atoms with Crippen molar-refractivity contribution in [3.63, 3.8) is 0 Å². The largest absolute Gasteiger partial charge is 0.413 e. The molecule has 0 bridgehead atoms. The van der Waals surface area contributed by atoms with Crippen LogP contribution in [0.5, 0.6) is 0 Å². The molecule has 0 aliphatic rings. The average molecular weight is 857 g/mol. The highest BCUT2D eigenvalue weighted by Crippen LogP contribution is 2.45. The van der Waals surface area contributed by atoms with Gasteiger partial charge in [0, 0.05) is 30.6 Å². The summed E-state index contributed by atoms with van der Waals surface area (Å²) in [5, 5.41) is 10.3. The van der Waals surface area contributed by atoms with Gasteiger partial charge in [0.15, 0.2) is 25.0 Å². The van der Waals surface area contributed by atoms with Crippen LogP contribution in [0.3, 0.4) is 0 Å². The van der Waals surface area contributed by atoms with Gasteiger partial charge in [-0.1, -0.05) is 101 Å². The highest BCUT2D eigenvalue weighted by Gasteiger charge is 2.50. The van der Waals surface area contributed by atoms with Crippen LogP contribution < -0.4 is 0 Å². The van der Waals surface area contributed by atoms with Crippen molar-refractivity contribution in [1.29, 1.82) is 0 Å². The van der Waals surface area contributed by atoms with Crippen molar-refractivity contribution in [1.82, 2.24) is 4.98 Å². The number of aromatic nitrogens is 1. The Morgan fingerprint density at radius 3 is 1.84 bits per heavy atom. The maximum absolute atomic E-state index is 15.2. The summed E-state index contributed by atoms with van der Waals surface area (Å²) in [4.78, 5) is 19.7. The molecule has 58 heavy (non-hydrogen) atoms. The summed E-state index contributed by atoms with van der Waals surface area (Å²) in [5.41, 5.74) is 2.63. The highest BCUT2D eigenvalue weighted by molar-refractivity contribution is 6.75. The van der Waals surface area contributed by atoms with Gasteiger partial charge in [-0.15, -0.1) is 12.3 Å². The van der Waals surface area contributed by atoms with Crippen LogP contribution in [0.4, 0.5) is 0 Å². The van der Waals surface area contributed by atoms with E-state index in [1.165, 1.54) is 11.1 Å². The number of Topliss-reactive ketones (excluding diaryl/α,β-unsaturated/α-hetero) is 1. The van der Waals surface area contributed by atoms with Gasteiger partial charge in [0.2, 0.25) is 0 Å². The van der Waals surface area contributed by atoms with Crippen LogP contribution in [0.25, 0.3) is 6.08 Å². The number of terminal acetylenes is 1. The third-order valence-corrected chi connectivity index (χ3v) is 27.4. The first-order valence-electron chi connectivity index (χ1n) is 22.1. The van der Waals surface area contributed by atoms with Crippen molar-refractivity contribution in [2.24, 2.45) is 17.3 Å². The van der Waals surface area contributed by atoms with E-state index >= 15 is 4.79 Å². The third-order valence-electron chi connectivity index (χ3n) is 13.9. The quantitative estimate of drug-likeness (QED) is 0.0671. The second-order valence-electron chi connectivity index (χ2n) is 22.3. The molecule has 0 aromatic carbocycles. The summed E-state index contributed by atoms with van der Waals surface area (Å²) in [6.45, 7) is 44.6. The number of carbonyl (C=O) groups excluding carboxylic acids is 1. The standard InChI is InChI=1S/C49H89NO5Si3/c1-22-23-30-41(45(52)49(14,15)43(33-35-51)54-57(18,19)47(8,9)10)44(55-58(20,21)48(11,12)13)38(3)28-26-27-37(2)31-32-42(53-56(16,17)46(5,6)7)39(4)36-40-29-24-25-34-50-40/h1,24-25,29,31,34,36,38,41-44,51H,23,26-28,30,32-33,35H2,2-21H3. The Labute approximate surface area is 361 Å². The molecule has 0 aliphatic carbocycles. The van der Waals surface area contributed by atoms with E-state index in [9.17, 15) is 5.11 Å². The van der Waals surface area contributed by atoms with E-state index in [0.717, 1.165) is 31.4 Å². The van der Waals surface area contributed by atoms with Gasteiger partial charge in [-0.2, -0.15) is 0 Å². The maximum Gasteiger partial charge on any atom is 0.192 e. The third kappa shape index (κ3) is 16.0. The zero-order valence-electron chi connectivity index (χ0n) is 41.1. The van der Waals surface area contributed by atoms with E-state index in [-0.39, 0.29) is 45.6 Å². The van der Waals surface area contributed by atoms with Gasteiger partial charge >= 0.3 is 0 Å². The molecule has 1 aromatic rings. The summed E-state index contributed by atoms with van der Waals surface area (Å²) in [7, 11) is -6.60. The van der Waals surface area contributed by atoms with Crippen LogP contribution in [0.15, 0.2) is 41.6 Å². The second-order valence-corrected chi connectivity index (χ2v) is 36.6. The molecule has 0 fully saturated rings. The average Bonchev–Trinajstić information content (AvgIpc) is 3.08.